The van der Waals surface area contributed by atoms with Crippen molar-refractivity contribution in [2.45, 2.75) is 83.0 Å². The summed E-state index contributed by atoms with van der Waals surface area (Å²) in [7, 11) is 0. The summed E-state index contributed by atoms with van der Waals surface area (Å²) in [6.45, 7) is 0.659. The van der Waals surface area contributed by atoms with Crippen LogP contribution in [0, 0.1) is 40.8 Å². The first-order valence-electron chi connectivity index (χ1n) is 13.1. The standard InChI is InChI=1S/C28H35FO4/c29-24-11-25(33-15-28-12-16-7-17(13-28)9-18(8-16)14-28)22(19-5-6-19)10-23(24)26(30)20-3-1-2-4-21(20)27(31)32/h10-11,16-21H,1-9,12-15H2,(H,31,32)/t16?,17?,18?,20-,21-,28?/m1/s1. The minimum atomic E-state index is -0.939. The Hall–Kier alpha value is -1.91. The first-order chi connectivity index (χ1) is 15.9. The highest BCUT2D eigenvalue weighted by molar-refractivity contribution is 6.00. The van der Waals surface area contributed by atoms with Crippen LogP contribution in [0.25, 0.3) is 0 Å². The predicted octanol–water partition coefficient (Wildman–Crippen LogP) is 6.37. The van der Waals surface area contributed by atoms with Crippen LogP contribution >= 0.6 is 0 Å². The molecule has 6 saturated carbocycles. The lowest BCUT2D eigenvalue weighted by Crippen LogP contribution is -2.48. The van der Waals surface area contributed by atoms with E-state index in [9.17, 15) is 14.7 Å². The van der Waals surface area contributed by atoms with Crippen LogP contribution in [0.5, 0.6) is 5.75 Å². The summed E-state index contributed by atoms with van der Waals surface area (Å²) in [5, 5.41) is 9.59. The molecule has 1 N–H and O–H groups in total. The molecule has 178 valence electrons. The third-order valence-electron chi connectivity index (χ3n) is 9.50. The first-order valence-corrected chi connectivity index (χ1v) is 13.1. The first kappa shape index (κ1) is 21.6. The summed E-state index contributed by atoms with van der Waals surface area (Å²) < 4.78 is 21.7. The maximum Gasteiger partial charge on any atom is 0.307 e. The van der Waals surface area contributed by atoms with Crippen molar-refractivity contribution in [3.05, 3.63) is 29.1 Å². The van der Waals surface area contributed by atoms with Gasteiger partial charge in [0.05, 0.1) is 18.1 Å². The molecule has 0 aromatic heterocycles. The van der Waals surface area contributed by atoms with Crippen LogP contribution in [0.1, 0.15) is 98.9 Å². The highest BCUT2D eigenvalue weighted by atomic mass is 19.1. The zero-order chi connectivity index (χ0) is 22.7. The fraction of sp³-hybridized carbons (Fsp3) is 0.714. The van der Waals surface area contributed by atoms with Gasteiger partial charge in [0.1, 0.15) is 11.6 Å². The number of carbonyl (C=O) groups is 2. The van der Waals surface area contributed by atoms with Crippen LogP contribution in [-0.4, -0.2) is 23.5 Å². The second kappa shape index (κ2) is 8.09. The number of aliphatic carboxylic acids is 1. The second-order valence-corrected chi connectivity index (χ2v) is 12.1. The lowest BCUT2D eigenvalue weighted by molar-refractivity contribution is -0.144. The normalized spacial score (nSPS) is 37.2. The van der Waals surface area contributed by atoms with Crippen molar-refractivity contribution < 1.29 is 23.8 Å². The molecule has 6 aliphatic carbocycles. The third-order valence-corrected chi connectivity index (χ3v) is 9.50. The number of carbonyl (C=O) groups excluding carboxylic acids is 1. The molecule has 0 unspecified atom stereocenters. The van der Waals surface area contributed by atoms with Gasteiger partial charge in [-0.2, -0.15) is 0 Å². The predicted molar refractivity (Wildman–Crippen MR) is 122 cm³/mol. The van der Waals surface area contributed by atoms with Crippen molar-refractivity contribution in [2.75, 3.05) is 6.61 Å². The largest absolute Gasteiger partial charge is 0.493 e. The Kier molecular flexibility index (Phi) is 5.30. The van der Waals surface area contributed by atoms with Gasteiger partial charge in [-0.15, -0.1) is 0 Å². The number of ketones is 1. The van der Waals surface area contributed by atoms with E-state index in [4.69, 9.17) is 4.74 Å². The molecule has 2 atom stereocenters. The molecule has 0 radical (unpaired) electrons. The molecular formula is C28H35FO4. The molecule has 0 aliphatic heterocycles. The summed E-state index contributed by atoms with van der Waals surface area (Å²) in [4.78, 5) is 25.0. The van der Waals surface area contributed by atoms with Crippen LogP contribution in [0.4, 0.5) is 4.39 Å². The van der Waals surface area contributed by atoms with Crippen LogP contribution < -0.4 is 4.74 Å². The summed E-state index contributed by atoms with van der Waals surface area (Å²) in [5.74, 6) is 0.302. The van der Waals surface area contributed by atoms with Crippen LogP contribution in [0.2, 0.25) is 0 Å². The van der Waals surface area contributed by atoms with Gasteiger partial charge in [0, 0.05) is 17.4 Å². The lowest BCUT2D eigenvalue weighted by Gasteiger charge is -2.56. The van der Waals surface area contributed by atoms with E-state index in [2.05, 4.69) is 0 Å². The Labute approximate surface area is 195 Å². The van der Waals surface area contributed by atoms with Gasteiger partial charge in [-0.05, 0) is 99.5 Å². The van der Waals surface area contributed by atoms with Gasteiger partial charge in [-0.25, -0.2) is 4.39 Å². The monoisotopic (exact) mass is 454 g/mol. The number of benzene rings is 1. The summed E-state index contributed by atoms with van der Waals surface area (Å²) in [6, 6.07) is 3.14. The Morgan fingerprint density at radius 1 is 0.939 bits per heavy atom. The molecule has 0 spiro atoms. The van der Waals surface area contributed by atoms with E-state index in [0.29, 0.717) is 31.1 Å². The molecule has 5 heteroatoms. The van der Waals surface area contributed by atoms with Gasteiger partial charge < -0.3 is 9.84 Å². The molecule has 1 aromatic carbocycles. The topological polar surface area (TPSA) is 63.6 Å². The van der Waals surface area contributed by atoms with E-state index in [1.165, 1.54) is 44.6 Å². The van der Waals surface area contributed by atoms with Crippen molar-refractivity contribution >= 4 is 11.8 Å². The highest BCUT2D eigenvalue weighted by Gasteiger charge is 2.51. The van der Waals surface area contributed by atoms with Gasteiger partial charge in [-0.3, -0.25) is 9.59 Å². The SMILES string of the molecule is O=C(O)[C@@H]1CCCC[C@H]1C(=O)c1cc(C2CC2)c(OCC23CC4CC(CC(C4)C2)C3)cc1F. The van der Waals surface area contributed by atoms with Crippen molar-refractivity contribution in [3.63, 3.8) is 0 Å². The summed E-state index contributed by atoms with van der Waals surface area (Å²) in [6.07, 6.45) is 12.6. The average Bonchev–Trinajstić information content (AvgIpc) is 3.62. The van der Waals surface area contributed by atoms with Gasteiger partial charge in [-0.1, -0.05) is 12.8 Å². The van der Waals surface area contributed by atoms with Crippen LogP contribution in [0.3, 0.4) is 0 Å². The number of ether oxygens (including phenoxy) is 1. The van der Waals surface area contributed by atoms with Gasteiger partial charge in [0.25, 0.3) is 0 Å². The number of hydrogen-bond acceptors (Lipinski definition) is 3. The maximum absolute atomic E-state index is 15.3. The number of carboxylic acids is 1. The smallest absolute Gasteiger partial charge is 0.307 e. The van der Waals surface area contributed by atoms with Gasteiger partial charge >= 0.3 is 5.97 Å². The van der Waals surface area contributed by atoms with E-state index in [0.717, 1.165) is 49.0 Å². The molecule has 0 heterocycles. The van der Waals surface area contributed by atoms with E-state index >= 15 is 4.39 Å². The van der Waals surface area contributed by atoms with Crippen molar-refractivity contribution in [1.29, 1.82) is 0 Å². The highest BCUT2D eigenvalue weighted by Crippen LogP contribution is 2.60. The van der Waals surface area contributed by atoms with Crippen LogP contribution in [-0.2, 0) is 4.79 Å². The van der Waals surface area contributed by atoms with Crippen molar-refractivity contribution in [1.82, 2.24) is 0 Å². The fourth-order valence-corrected chi connectivity index (χ4v) is 8.24. The molecule has 6 fully saturated rings. The quantitative estimate of drug-likeness (QED) is 0.486. The maximum atomic E-state index is 15.3. The number of hydrogen-bond donors (Lipinski definition) is 1. The number of rotatable bonds is 7. The Bertz CT molecular complexity index is 930. The second-order valence-electron chi connectivity index (χ2n) is 12.1. The molecule has 4 nitrogen and oxygen atoms in total. The molecule has 0 saturated heterocycles. The molecular weight excluding hydrogens is 419 g/mol. The Morgan fingerprint density at radius 2 is 1.55 bits per heavy atom. The Balaban J connectivity index is 1.24. The Morgan fingerprint density at radius 3 is 2.12 bits per heavy atom. The van der Waals surface area contributed by atoms with E-state index in [1.807, 2.05) is 0 Å². The molecule has 6 aliphatic rings. The van der Waals surface area contributed by atoms with E-state index < -0.39 is 23.6 Å². The number of carboxylic acid groups (broad SMARTS) is 1. The van der Waals surface area contributed by atoms with E-state index in [-0.39, 0.29) is 16.8 Å². The van der Waals surface area contributed by atoms with Gasteiger partial charge in [0.2, 0.25) is 0 Å². The number of halogens is 1. The molecule has 4 bridgehead atoms. The minimum Gasteiger partial charge on any atom is -0.493 e. The molecule has 7 rings (SSSR count). The van der Waals surface area contributed by atoms with Crippen LogP contribution in [0.15, 0.2) is 12.1 Å². The third kappa shape index (κ3) is 4.00. The average molecular weight is 455 g/mol. The summed E-state index contributed by atoms with van der Waals surface area (Å²) >= 11 is 0. The molecule has 0 amide bonds. The van der Waals surface area contributed by atoms with E-state index in [1.54, 1.807) is 6.07 Å². The molecule has 33 heavy (non-hydrogen) atoms. The zero-order valence-electron chi connectivity index (χ0n) is 19.4. The molecule has 1 aromatic rings. The van der Waals surface area contributed by atoms with Crippen molar-refractivity contribution in [2.24, 2.45) is 35.0 Å². The minimum absolute atomic E-state index is 0.0669. The van der Waals surface area contributed by atoms with Gasteiger partial charge in [0.15, 0.2) is 5.78 Å². The lowest BCUT2D eigenvalue weighted by atomic mass is 9.50. The number of Topliss-reactive ketones (excluding diaryl/α,β-unsaturated/α-hetero) is 1. The zero-order valence-corrected chi connectivity index (χ0v) is 19.4. The fourth-order valence-electron chi connectivity index (χ4n) is 8.24. The summed E-state index contributed by atoms with van der Waals surface area (Å²) in [5.41, 5.74) is 1.27. The van der Waals surface area contributed by atoms with Crippen molar-refractivity contribution in [3.8, 4) is 5.75 Å².